The van der Waals surface area contributed by atoms with E-state index in [9.17, 15) is 87.8 Å². The zero-order valence-corrected chi connectivity index (χ0v) is 21.4. The first-order valence-electron chi connectivity index (χ1n) is 11.4. The summed E-state index contributed by atoms with van der Waals surface area (Å²) in [5.41, 5.74) is -6.24. The molecule has 0 amide bonds. The summed E-state index contributed by atoms with van der Waals surface area (Å²) >= 11 is 0. The molecule has 0 N–H and O–H groups in total. The fraction of sp³-hybridized carbons (Fsp3) is 0. The molecule has 0 aliphatic carbocycles. The molecule has 48 heavy (non-hydrogen) atoms. The van der Waals surface area contributed by atoms with E-state index >= 15 is 0 Å². The summed E-state index contributed by atoms with van der Waals surface area (Å²) in [5, 5.41) is 0. The summed E-state index contributed by atoms with van der Waals surface area (Å²) in [6.07, 6.45) is 0. The van der Waals surface area contributed by atoms with Crippen LogP contribution in [0.2, 0.25) is 0 Å². The number of halogens is 20. The van der Waals surface area contributed by atoms with Gasteiger partial charge in [-0.25, -0.2) is 70.2 Å². The Bertz CT molecular complexity index is 1770. The maximum atomic E-state index is 15.0. The van der Waals surface area contributed by atoms with Crippen molar-refractivity contribution in [2.75, 3.05) is 4.81 Å². The van der Waals surface area contributed by atoms with Gasteiger partial charge in [0.25, 0.3) is 0 Å². The van der Waals surface area contributed by atoms with Crippen molar-refractivity contribution >= 4 is 18.6 Å². The summed E-state index contributed by atoms with van der Waals surface area (Å²) in [7, 11) is -4.53. The van der Waals surface area contributed by atoms with Gasteiger partial charge in [-0.2, -0.15) is 17.6 Å². The minimum Gasteiger partial charge on any atom is -0.502 e. The molecule has 0 fully saturated rings. The van der Waals surface area contributed by atoms with Crippen LogP contribution in [0.15, 0.2) is 0 Å². The van der Waals surface area contributed by atoms with E-state index in [4.69, 9.17) is 0 Å². The van der Waals surface area contributed by atoms with Crippen molar-refractivity contribution in [2.45, 2.75) is 0 Å². The van der Waals surface area contributed by atoms with Crippen LogP contribution in [0.25, 0.3) is 0 Å². The van der Waals surface area contributed by atoms with Gasteiger partial charge in [0.1, 0.15) is 11.4 Å². The molecule has 3 nitrogen and oxygen atoms in total. The van der Waals surface area contributed by atoms with E-state index in [1.165, 1.54) is 0 Å². The number of rotatable bonds is 7. The van der Waals surface area contributed by atoms with E-state index < -0.39 is 151 Å². The predicted octanol–water partition coefficient (Wildman–Crippen LogP) is 8.75. The summed E-state index contributed by atoms with van der Waals surface area (Å²) in [6, 6.07) is 0. The lowest BCUT2D eigenvalue weighted by Gasteiger charge is -2.31. The van der Waals surface area contributed by atoms with Crippen LogP contribution in [0.5, 0.6) is 11.5 Å². The Labute approximate surface area is 249 Å². The number of hydrogen-bond acceptors (Lipinski definition) is 3. The second-order valence-corrected chi connectivity index (χ2v) is 8.55. The molecule has 24 heteroatoms. The van der Waals surface area contributed by atoms with Gasteiger partial charge in [0.2, 0.25) is 69.8 Å². The Balaban J connectivity index is 2.24. The van der Waals surface area contributed by atoms with Crippen LogP contribution in [0.4, 0.5) is 99.2 Å². The molecular weight excluding hydrogens is 725 g/mol. The zero-order valence-electron chi connectivity index (χ0n) is 21.4. The highest BCUT2D eigenvalue weighted by Gasteiger charge is 2.48. The highest BCUT2D eigenvalue weighted by Crippen LogP contribution is 2.42. The van der Waals surface area contributed by atoms with Gasteiger partial charge in [-0.05, 0) is 0 Å². The highest BCUT2D eigenvalue weighted by atomic mass is 19.2. The van der Waals surface area contributed by atoms with Crippen LogP contribution in [-0.2, 0) is 0 Å². The van der Waals surface area contributed by atoms with Crippen LogP contribution < -0.4 is 14.1 Å². The van der Waals surface area contributed by atoms with Gasteiger partial charge in [0, 0.05) is 0 Å². The van der Waals surface area contributed by atoms with Crippen molar-refractivity contribution in [1.82, 2.24) is 0 Å². The predicted molar refractivity (Wildman–Crippen MR) is 114 cm³/mol. The minimum atomic E-state index is -4.53. The summed E-state index contributed by atoms with van der Waals surface area (Å²) in [4.78, 5) is -1.73. The van der Waals surface area contributed by atoms with Gasteiger partial charge >= 0.3 is 7.25 Å². The molecule has 0 aliphatic heterocycles. The topological polar surface area (TPSA) is 21.7 Å². The molecule has 0 bridgehead atoms. The molecule has 0 heterocycles. The molecule has 4 rings (SSSR count). The Hall–Kier alpha value is -5.06. The lowest BCUT2D eigenvalue weighted by Crippen LogP contribution is -2.49. The molecule has 4 aromatic rings. The van der Waals surface area contributed by atoms with Crippen LogP contribution in [0.1, 0.15) is 0 Å². The van der Waals surface area contributed by atoms with E-state index in [0.29, 0.717) is 0 Å². The Kier molecular flexibility index (Phi) is 9.34. The fourth-order valence-corrected chi connectivity index (χ4v) is 3.64. The average molecular weight is 725 g/mol. The number of nitrogens with zero attached hydrogens (tertiary/aromatic N) is 1. The molecule has 256 valence electrons. The van der Waals surface area contributed by atoms with Crippen molar-refractivity contribution in [3.63, 3.8) is 0 Å². The van der Waals surface area contributed by atoms with E-state index in [1.54, 1.807) is 0 Å². The number of benzene rings is 4. The van der Waals surface area contributed by atoms with Crippen LogP contribution in [-0.4, -0.2) is 7.25 Å². The highest BCUT2D eigenvalue weighted by molar-refractivity contribution is 6.54. The molecule has 4 aromatic carbocycles. The van der Waals surface area contributed by atoms with Crippen LogP contribution >= 0.6 is 0 Å². The van der Waals surface area contributed by atoms with Gasteiger partial charge in [-0.1, -0.05) is 0 Å². The third-order valence-corrected chi connectivity index (χ3v) is 5.84. The van der Waals surface area contributed by atoms with Gasteiger partial charge < -0.3 is 9.31 Å². The van der Waals surface area contributed by atoms with Gasteiger partial charge in [0.15, 0.2) is 58.0 Å². The standard InChI is InChI=1S/C24BF20NO2/c26-1-5(30)13(38)21(14(39)6(1)31)46(22-15(40)7(32)2(27)8(33)16(22)41)25(47-23-17(42)9(34)3(28)10(35)18(23)43)48-24-19(44)11(36)4(29)12(37)20(24)45. The quantitative estimate of drug-likeness (QED) is 0.0824. The smallest absolute Gasteiger partial charge is 0.502 e. The molecular formula is C24BF20NO2. The average Bonchev–Trinajstić information content (AvgIpc) is 3.06. The lowest BCUT2D eigenvalue weighted by molar-refractivity contribution is 0.309. The molecule has 0 aliphatic rings. The zero-order chi connectivity index (χ0) is 36.4. The largest absolute Gasteiger partial charge is 0.743 e. The molecule has 0 unspecified atom stereocenters. The maximum Gasteiger partial charge on any atom is 0.743 e. The minimum absolute atomic E-state index is 1.73. The second-order valence-electron chi connectivity index (χ2n) is 8.55. The molecule has 0 saturated carbocycles. The van der Waals surface area contributed by atoms with E-state index in [-0.39, 0.29) is 0 Å². The van der Waals surface area contributed by atoms with Crippen molar-refractivity contribution in [3.8, 4) is 11.5 Å². The van der Waals surface area contributed by atoms with Gasteiger partial charge in [-0.3, -0.25) is 4.81 Å². The monoisotopic (exact) mass is 725 g/mol. The molecule has 0 atom stereocenters. The molecule has 0 aromatic heterocycles. The lowest BCUT2D eigenvalue weighted by atomic mass is 9.97. The first-order chi connectivity index (χ1) is 22.2. The van der Waals surface area contributed by atoms with Crippen LogP contribution in [0, 0.1) is 116 Å². The van der Waals surface area contributed by atoms with E-state index in [1.807, 2.05) is 0 Å². The third-order valence-electron chi connectivity index (χ3n) is 5.84. The Morgan fingerprint density at radius 2 is 0.417 bits per heavy atom. The van der Waals surface area contributed by atoms with Crippen molar-refractivity contribution in [1.29, 1.82) is 0 Å². The van der Waals surface area contributed by atoms with Crippen LogP contribution in [0.3, 0.4) is 0 Å². The number of hydrogen-bond donors (Lipinski definition) is 0. The van der Waals surface area contributed by atoms with E-state index in [2.05, 4.69) is 9.31 Å². The van der Waals surface area contributed by atoms with Crippen molar-refractivity contribution in [3.05, 3.63) is 116 Å². The molecule has 0 radical (unpaired) electrons. The van der Waals surface area contributed by atoms with Crippen molar-refractivity contribution in [2.24, 2.45) is 0 Å². The molecule has 0 spiro atoms. The van der Waals surface area contributed by atoms with E-state index in [0.717, 1.165) is 0 Å². The maximum absolute atomic E-state index is 15.0. The van der Waals surface area contributed by atoms with Gasteiger partial charge in [-0.15, -0.1) is 0 Å². The summed E-state index contributed by atoms with van der Waals surface area (Å²) in [6.45, 7) is 0. The normalized spacial score (nSPS) is 11.3. The van der Waals surface area contributed by atoms with Gasteiger partial charge in [0.05, 0.1) is 0 Å². The third kappa shape index (κ3) is 5.31. The summed E-state index contributed by atoms with van der Waals surface area (Å²) in [5.74, 6) is -70.3. The number of anilines is 2. The SMILES string of the molecule is Fc1c(F)c(F)c(OB(Oc2c(F)c(F)c(F)c(F)c2F)N(c2c(F)c(F)c(F)c(F)c2F)c2c(F)c(F)c(F)c(F)c2F)c(F)c1F. The Morgan fingerprint density at radius 3 is 0.625 bits per heavy atom. The Morgan fingerprint density at radius 1 is 0.250 bits per heavy atom. The first-order valence-corrected chi connectivity index (χ1v) is 11.4. The fourth-order valence-electron chi connectivity index (χ4n) is 3.64. The second kappa shape index (κ2) is 12.5. The molecule has 0 saturated heterocycles. The summed E-state index contributed by atoms with van der Waals surface area (Å²) < 4.78 is 293. The first kappa shape index (κ1) is 35.8. The van der Waals surface area contributed by atoms with Crippen molar-refractivity contribution < 1.29 is 97.1 Å².